The average Bonchev–Trinajstić information content (AvgIpc) is 3.29. The van der Waals surface area contributed by atoms with E-state index in [0.717, 1.165) is 23.7 Å². The van der Waals surface area contributed by atoms with Crippen molar-refractivity contribution in [2.24, 2.45) is 0 Å². The molecule has 2 fully saturated rings. The van der Waals surface area contributed by atoms with Crippen molar-refractivity contribution in [2.45, 2.75) is 50.5 Å². The molecule has 0 spiro atoms. The van der Waals surface area contributed by atoms with E-state index >= 15 is 0 Å². The Balaban J connectivity index is 1.26. The number of aliphatic hydroxyl groups excluding tert-OH is 1. The zero-order valence-corrected chi connectivity index (χ0v) is 15.3. The SMILES string of the molecule is O=C(c1coc(COc2ccc3ncccc3c2)n1)N1[C@@H]2CC[C@H]1CC(O)C2. The van der Waals surface area contributed by atoms with Crippen LogP contribution in [0.1, 0.15) is 42.1 Å². The lowest BCUT2D eigenvalue weighted by Crippen LogP contribution is -2.48. The lowest BCUT2D eigenvalue weighted by molar-refractivity contribution is 0.0282. The molecule has 5 rings (SSSR count). The van der Waals surface area contributed by atoms with Gasteiger partial charge in [0.15, 0.2) is 12.3 Å². The highest BCUT2D eigenvalue weighted by Crippen LogP contribution is 2.36. The van der Waals surface area contributed by atoms with Gasteiger partial charge in [-0.25, -0.2) is 4.98 Å². The van der Waals surface area contributed by atoms with Gasteiger partial charge in [-0.05, 0) is 49.9 Å². The third-order valence-corrected chi connectivity index (χ3v) is 5.65. The van der Waals surface area contributed by atoms with Crippen LogP contribution in [0, 0.1) is 0 Å². The molecular weight excluding hydrogens is 358 g/mol. The summed E-state index contributed by atoms with van der Waals surface area (Å²) in [5.74, 6) is 0.930. The molecule has 2 saturated heterocycles. The van der Waals surface area contributed by atoms with Crippen LogP contribution in [0.2, 0.25) is 0 Å². The van der Waals surface area contributed by atoms with E-state index in [0.29, 0.717) is 30.2 Å². The number of hydrogen-bond donors (Lipinski definition) is 1. The molecule has 2 aliphatic heterocycles. The highest BCUT2D eigenvalue weighted by atomic mass is 16.5. The largest absolute Gasteiger partial charge is 0.484 e. The number of ether oxygens (including phenoxy) is 1. The lowest BCUT2D eigenvalue weighted by Gasteiger charge is -2.36. The predicted molar refractivity (Wildman–Crippen MR) is 101 cm³/mol. The molecule has 2 aromatic heterocycles. The van der Waals surface area contributed by atoms with E-state index in [2.05, 4.69) is 9.97 Å². The highest BCUT2D eigenvalue weighted by Gasteiger charge is 2.43. The Kier molecular flexibility index (Phi) is 4.24. The summed E-state index contributed by atoms with van der Waals surface area (Å²) < 4.78 is 11.2. The Morgan fingerprint density at radius 3 is 2.89 bits per heavy atom. The molecule has 2 aliphatic rings. The van der Waals surface area contributed by atoms with E-state index in [1.54, 1.807) is 6.20 Å². The minimum atomic E-state index is -0.306. The van der Waals surface area contributed by atoms with Crippen molar-refractivity contribution in [1.82, 2.24) is 14.9 Å². The van der Waals surface area contributed by atoms with E-state index in [-0.39, 0.29) is 30.7 Å². The molecule has 0 radical (unpaired) electrons. The summed E-state index contributed by atoms with van der Waals surface area (Å²) in [7, 11) is 0. The summed E-state index contributed by atoms with van der Waals surface area (Å²) >= 11 is 0. The van der Waals surface area contributed by atoms with Gasteiger partial charge in [0, 0.05) is 23.7 Å². The topological polar surface area (TPSA) is 88.7 Å². The van der Waals surface area contributed by atoms with Gasteiger partial charge in [-0.2, -0.15) is 0 Å². The summed E-state index contributed by atoms with van der Waals surface area (Å²) in [6.07, 6.45) is 6.02. The van der Waals surface area contributed by atoms with Gasteiger partial charge >= 0.3 is 0 Å². The third kappa shape index (κ3) is 3.11. The molecule has 144 valence electrons. The molecule has 3 aromatic rings. The summed E-state index contributed by atoms with van der Waals surface area (Å²) in [5.41, 5.74) is 1.20. The molecule has 28 heavy (non-hydrogen) atoms. The number of oxazole rings is 1. The van der Waals surface area contributed by atoms with E-state index in [4.69, 9.17) is 9.15 Å². The van der Waals surface area contributed by atoms with Crippen molar-refractivity contribution < 1.29 is 19.1 Å². The number of rotatable bonds is 4. The van der Waals surface area contributed by atoms with Crippen LogP contribution < -0.4 is 4.74 Å². The van der Waals surface area contributed by atoms with Gasteiger partial charge in [-0.15, -0.1) is 0 Å². The number of hydrogen-bond acceptors (Lipinski definition) is 6. The number of pyridine rings is 1. The van der Waals surface area contributed by atoms with Crippen LogP contribution in [-0.4, -0.2) is 44.1 Å². The minimum absolute atomic E-state index is 0.101. The van der Waals surface area contributed by atoms with Crippen molar-refractivity contribution in [2.75, 3.05) is 0 Å². The van der Waals surface area contributed by atoms with Crippen LogP contribution in [0.15, 0.2) is 47.2 Å². The molecule has 0 aliphatic carbocycles. The molecule has 2 bridgehead atoms. The normalized spacial score (nSPS) is 23.9. The number of carbonyl (C=O) groups is 1. The quantitative estimate of drug-likeness (QED) is 0.750. The predicted octanol–water partition coefficient (Wildman–Crippen LogP) is 2.93. The maximum atomic E-state index is 12.9. The number of aliphatic hydroxyl groups is 1. The maximum absolute atomic E-state index is 12.9. The zero-order chi connectivity index (χ0) is 19.1. The van der Waals surface area contributed by atoms with Gasteiger partial charge in [-0.1, -0.05) is 6.07 Å². The fourth-order valence-corrected chi connectivity index (χ4v) is 4.38. The van der Waals surface area contributed by atoms with E-state index in [1.807, 2.05) is 35.2 Å². The van der Waals surface area contributed by atoms with E-state index in [9.17, 15) is 9.90 Å². The van der Waals surface area contributed by atoms with Crippen LogP contribution in [0.3, 0.4) is 0 Å². The van der Waals surface area contributed by atoms with Gasteiger partial charge in [0.2, 0.25) is 5.89 Å². The summed E-state index contributed by atoms with van der Waals surface area (Å²) in [5, 5.41) is 10.9. The first-order valence-corrected chi connectivity index (χ1v) is 9.60. The van der Waals surface area contributed by atoms with Gasteiger partial charge in [0.1, 0.15) is 12.0 Å². The van der Waals surface area contributed by atoms with Crippen molar-refractivity contribution in [3.8, 4) is 5.75 Å². The van der Waals surface area contributed by atoms with E-state index in [1.165, 1.54) is 6.26 Å². The first-order chi connectivity index (χ1) is 13.7. The van der Waals surface area contributed by atoms with Crippen LogP contribution in [0.4, 0.5) is 0 Å². The van der Waals surface area contributed by atoms with Crippen LogP contribution in [0.5, 0.6) is 5.75 Å². The third-order valence-electron chi connectivity index (χ3n) is 5.65. The van der Waals surface area contributed by atoms with Gasteiger partial charge in [0.25, 0.3) is 5.91 Å². The second kappa shape index (κ2) is 6.91. The Morgan fingerprint density at radius 2 is 2.07 bits per heavy atom. The molecule has 0 saturated carbocycles. The molecule has 1 aromatic carbocycles. The number of piperidine rings is 1. The number of nitrogens with zero attached hydrogens (tertiary/aromatic N) is 3. The fraction of sp³-hybridized carbons (Fsp3) is 0.381. The molecule has 4 heterocycles. The van der Waals surface area contributed by atoms with Gasteiger partial charge < -0.3 is 19.2 Å². The van der Waals surface area contributed by atoms with Gasteiger partial charge in [-0.3, -0.25) is 9.78 Å². The highest BCUT2D eigenvalue weighted by molar-refractivity contribution is 5.92. The number of aromatic nitrogens is 2. The number of amides is 1. The Bertz CT molecular complexity index is 1000. The molecule has 1 N–H and O–H groups in total. The Morgan fingerprint density at radius 1 is 1.25 bits per heavy atom. The van der Waals surface area contributed by atoms with Crippen LogP contribution in [-0.2, 0) is 6.61 Å². The Hall–Kier alpha value is -2.93. The first-order valence-electron chi connectivity index (χ1n) is 9.60. The maximum Gasteiger partial charge on any atom is 0.276 e. The number of carbonyl (C=O) groups excluding carboxylic acids is 1. The number of benzene rings is 1. The van der Waals surface area contributed by atoms with Crippen molar-refractivity contribution in [3.05, 3.63) is 54.4 Å². The lowest BCUT2D eigenvalue weighted by atomic mass is 9.99. The van der Waals surface area contributed by atoms with Crippen molar-refractivity contribution >= 4 is 16.8 Å². The van der Waals surface area contributed by atoms with Crippen LogP contribution >= 0.6 is 0 Å². The first kappa shape index (κ1) is 17.2. The van der Waals surface area contributed by atoms with Crippen molar-refractivity contribution in [1.29, 1.82) is 0 Å². The molecule has 3 atom stereocenters. The molecule has 1 amide bonds. The smallest absolute Gasteiger partial charge is 0.276 e. The minimum Gasteiger partial charge on any atom is -0.484 e. The fourth-order valence-electron chi connectivity index (χ4n) is 4.38. The monoisotopic (exact) mass is 379 g/mol. The zero-order valence-electron chi connectivity index (χ0n) is 15.3. The van der Waals surface area contributed by atoms with Gasteiger partial charge in [0.05, 0.1) is 11.6 Å². The van der Waals surface area contributed by atoms with Crippen LogP contribution in [0.25, 0.3) is 10.9 Å². The second-order valence-corrected chi connectivity index (χ2v) is 7.50. The Labute approximate surface area is 162 Å². The molecule has 1 unspecified atom stereocenters. The standard InChI is InChI=1S/C21H21N3O4/c25-16-9-14-3-4-15(10-16)24(14)21(26)19-11-28-20(23-19)12-27-17-5-6-18-13(8-17)2-1-7-22-18/h1-2,5-8,11,14-16,25H,3-4,9-10,12H2/t14-,15+,16?. The summed E-state index contributed by atoms with van der Waals surface area (Å²) in [6.45, 7) is 0.143. The summed E-state index contributed by atoms with van der Waals surface area (Å²) in [4.78, 5) is 23.4. The molecular formula is C21H21N3O4. The second-order valence-electron chi connectivity index (χ2n) is 7.50. The number of fused-ring (bicyclic) bond motifs is 3. The summed E-state index contributed by atoms with van der Waals surface area (Å²) in [6, 6.07) is 9.71. The average molecular weight is 379 g/mol. The molecule has 7 nitrogen and oxygen atoms in total. The van der Waals surface area contributed by atoms with E-state index < -0.39 is 0 Å². The van der Waals surface area contributed by atoms with Crippen molar-refractivity contribution in [3.63, 3.8) is 0 Å². The molecule has 7 heteroatoms.